The molecule has 0 bridgehead atoms. The zero-order chi connectivity index (χ0) is 13.4. The van der Waals surface area contributed by atoms with Crippen LogP contribution in [0.15, 0.2) is 0 Å². The molecular weight excluding hydrogens is 228 g/mol. The predicted octanol–water partition coefficient (Wildman–Crippen LogP) is 1.63. The summed E-state index contributed by atoms with van der Waals surface area (Å²) < 4.78 is 11.3. The first-order valence-corrected chi connectivity index (χ1v) is 7.29. The lowest BCUT2D eigenvalue weighted by molar-refractivity contribution is -0.0711. The topological polar surface area (TPSA) is 47.7 Å². The monoisotopic (exact) mass is 258 g/mol. The molecule has 2 unspecified atom stereocenters. The van der Waals surface area contributed by atoms with E-state index in [0.29, 0.717) is 12.6 Å². The molecule has 2 atom stereocenters. The van der Waals surface area contributed by atoms with Crippen molar-refractivity contribution in [3.8, 4) is 0 Å². The summed E-state index contributed by atoms with van der Waals surface area (Å²) in [6.45, 7) is 8.30. The Morgan fingerprint density at radius 3 is 2.83 bits per heavy atom. The van der Waals surface area contributed by atoms with E-state index in [1.165, 1.54) is 6.42 Å². The van der Waals surface area contributed by atoms with E-state index in [1.54, 1.807) is 0 Å². The Kier molecular flexibility index (Phi) is 7.15. The van der Waals surface area contributed by atoms with E-state index in [2.05, 4.69) is 18.9 Å². The molecule has 1 fully saturated rings. The molecule has 0 aromatic rings. The molecule has 2 N–H and O–H groups in total. The molecule has 0 spiro atoms. The first-order valence-electron chi connectivity index (χ1n) is 7.29. The average Bonchev–Trinajstić information content (AvgIpc) is 2.39. The Labute approximate surface area is 112 Å². The Morgan fingerprint density at radius 1 is 1.44 bits per heavy atom. The average molecular weight is 258 g/mol. The molecule has 0 radical (unpaired) electrons. The fourth-order valence-electron chi connectivity index (χ4n) is 2.78. The van der Waals surface area contributed by atoms with Gasteiger partial charge in [-0.3, -0.25) is 4.90 Å². The van der Waals surface area contributed by atoms with Gasteiger partial charge < -0.3 is 15.2 Å². The van der Waals surface area contributed by atoms with Gasteiger partial charge in [-0.25, -0.2) is 0 Å². The molecule has 4 heteroatoms. The molecule has 18 heavy (non-hydrogen) atoms. The summed E-state index contributed by atoms with van der Waals surface area (Å²) in [6, 6.07) is 0. The van der Waals surface area contributed by atoms with Crippen molar-refractivity contribution >= 4 is 0 Å². The number of ether oxygens (including phenoxy) is 2. The molecule has 1 heterocycles. The molecule has 1 saturated heterocycles. The van der Waals surface area contributed by atoms with Crippen LogP contribution < -0.4 is 5.73 Å². The van der Waals surface area contributed by atoms with E-state index in [0.717, 1.165) is 45.6 Å². The molecule has 0 aromatic carbocycles. The van der Waals surface area contributed by atoms with E-state index >= 15 is 0 Å². The van der Waals surface area contributed by atoms with Crippen LogP contribution in [0.1, 0.15) is 39.5 Å². The summed E-state index contributed by atoms with van der Waals surface area (Å²) in [4.78, 5) is 2.38. The van der Waals surface area contributed by atoms with Crippen LogP contribution in [0.3, 0.4) is 0 Å². The Bertz CT molecular complexity index is 224. The summed E-state index contributed by atoms with van der Waals surface area (Å²) >= 11 is 0. The number of nitrogens with two attached hydrogens (primary N) is 1. The lowest BCUT2D eigenvalue weighted by Gasteiger charge is -2.46. The molecule has 0 aliphatic carbocycles. The highest BCUT2D eigenvalue weighted by atomic mass is 16.5. The largest absolute Gasteiger partial charge is 0.380 e. The second-order valence-electron chi connectivity index (χ2n) is 5.28. The molecule has 0 aromatic heterocycles. The van der Waals surface area contributed by atoms with Gasteiger partial charge in [-0.15, -0.1) is 0 Å². The van der Waals surface area contributed by atoms with Crippen LogP contribution in [0.25, 0.3) is 0 Å². The summed E-state index contributed by atoms with van der Waals surface area (Å²) in [7, 11) is 2.17. The van der Waals surface area contributed by atoms with Crippen molar-refractivity contribution in [2.24, 2.45) is 5.73 Å². The number of hydrogen-bond donors (Lipinski definition) is 1. The normalized spacial score (nSPS) is 28.8. The molecular formula is C14H30N2O2. The van der Waals surface area contributed by atoms with E-state index in [9.17, 15) is 0 Å². The van der Waals surface area contributed by atoms with Gasteiger partial charge in [0.25, 0.3) is 0 Å². The van der Waals surface area contributed by atoms with Gasteiger partial charge >= 0.3 is 0 Å². The van der Waals surface area contributed by atoms with E-state index in [4.69, 9.17) is 15.2 Å². The van der Waals surface area contributed by atoms with Crippen molar-refractivity contribution in [2.45, 2.75) is 51.2 Å². The highest BCUT2D eigenvalue weighted by Gasteiger charge is 2.38. The third-order valence-corrected chi connectivity index (χ3v) is 4.10. The van der Waals surface area contributed by atoms with Crippen LogP contribution in [0.5, 0.6) is 0 Å². The van der Waals surface area contributed by atoms with Crippen LogP contribution in [0.4, 0.5) is 0 Å². The van der Waals surface area contributed by atoms with Crippen LogP contribution in [0, 0.1) is 0 Å². The van der Waals surface area contributed by atoms with Crippen molar-refractivity contribution in [2.75, 3.05) is 40.0 Å². The van der Waals surface area contributed by atoms with E-state index in [-0.39, 0.29) is 5.54 Å². The molecule has 1 aliphatic heterocycles. The van der Waals surface area contributed by atoms with Gasteiger partial charge in [-0.05, 0) is 33.2 Å². The molecule has 1 rings (SSSR count). The minimum atomic E-state index is 0.106. The van der Waals surface area contributed by atoms with Gasteiger partial charge in [0.05, 0.1) is 12.7 Å². The SMILES string of the molecule is CCCC1CC(CN)(N(C)CCOCC)CCO1. The van der Waals surface area contributed by atoms with Crippen LogP contribution in [0.2, 0.25) is 0 Å². The molecule has 108 valence electrons. The molecule has 0 amide bonds. The summed E-state index contributed by atoms with van der Waals surface area (Å²) in [5.74, 6) is 0. The van der Waals surface area contributed by atoms with Crippen molar-refractivity contribution in [1.29, 1.82) is 0 Å². The zero-order valence-corrected chi connectivity index (χ0v) is 12.3. The van der Waals surface area contributed by atoms with Crippen LogP contribution >= 0.6 is 0 Å². The fraction of sp³-hybridized carbons (Fsp3) is 1.00. The minimum Gasteiger partial charge on any atom is -0.380 e. The number of nitrogens with zero attached hydrogens (tertiary/aromatic N) is 1. The predicted molar refractivity (Wildman–Crippen MR) is 74.8 cm³/mol. The number of hydrogen-bond acceptors (Lipinski definition) is 4. The first-order chi connectivity index (χ1) is 8.68. The lowest BCUT2D eigenvalue weighted by atomic mass is 9.84. The summed E-state index contributed by atoms with van der Waals surface area (Å²) in [5, 5.41) is 0. The minimum absolute atomic E-state index is 0.106. The van der Waals surface area contributed by atoms with Gasteiger partial charge in [0.1, 0.15) is 0 Å². The summed E-state index contributed by atoms with van der Waals surface area (Å²) in [5.41, 5.74) is 6.17. The maximum absolute atomic E-state index is 6.06. The Hall–Kier alpha value is -0.160. The number of rotatable bonds is 8. The van der Waals surface area contributed by atoms with Gasteiger partial charge in [0.2, 0.25) is 0 Å². The van der Waals surface area contributed by atoms with Crippen molar-refractivity contribution < 1.29 is 9.47 Å². The maximum Gasteiger partial charge on any atom is 0.0593 e. The van der Waals surface area contributed by atoms with Crippen molar-refractivity contribution in [3.05, 3.63) is 0 Å². The van der Waals surface area contributed by atoms with Crippen LogP contribution in [-0.2, 0) is 9.47 Å². The van der Waals surface area contributed by atoms with Crippen LogP contribution in [-0.4, -0.2) is 56.5 Å². The van der Waals surface area contributed by atoms with Gasteiger partial charge in [0, 0.05) is 31.8 Å². The van der Waals surface area contributed by atoms with Crippen molar-refractivity contribution in [3.63, 3.8) is 0 Å². The standard InChI is InChI=1S/C14H30N2O2/c1-4-6-13-11-14(12-15,7-9-18-13)16(3)8-10-17-5-2/h13H,4-12,15H2,1-3H3. The lowest BCUT2D eigenvalue weighted by Crippen LogP contribution is -2.57. The first kappa shape index (κ1) is 15.9. The molecule has 1 aliphatic rings. The quantitative estimate of drug-likeness (QED) is 0.672. The second-order valence-corrected chi connectivity index (χ2v) is 5.28. The highest BCUT2D eigenvalue weighted by molar-refractivity contribution is 4.95. The third-order valence-electron chi connectivity index (χ3n) is 4.10. The fourth-order valence-corrected chi connectivity index (χ4v) is 2.78. The summed E-state index contributed by atoms with van der Waals surface area (Å²) in [6.07, 6.45) is 4.78. The third kappa shape index (κ3) is 4.19. The maximum atomic E-state index is 6.06. The van der Waals surface area contributed by atoms with E-state index < -0.39 is 0 Å². The van der Waals surface area contributed by atoms with Gasteiger partial charge in [-0.1, -0.05) is 13.3 Å². The van der Waals surface area contributed by atoms with Crippen molar-refractivity contribution in [1.82, 2.24) is 4.90 Å². The van der Waals surface area contributed by atoms with Gasteiger partial charge in [0.15, 0.2) is 0 Å². The van der Waals surface area contributed by atoms with E-state index in [1.807, 2.05) is 6.92 Å². The molecule has 4 nitrogen and oxygen atoms in total. The highest BCUT2D eigenvalue weighted by Crippen LogP contribution is 2.30. The Morgan fingerprint density at radius 2 is 2.22 bits per heavy atom. The number of likely N-dealkylation sites (N-methyl/N-ethyl adjacent to an activating group) is 1. The second kappa shape index (κ2) is 8.10. The smallest absolute Gasteiger partial charge is 0.0593 e. The zero-order valence-electron chi connectivity index (χ0n) is 12.3. The van der Waals surface area contributed by atoms with Gasteiger partial charge in [-0.2, -0.15) is 0 Å². The molecule has 0 saturated carbocycles. The Balaban J connectivity index is 2.53.